The van der Waals surface area contributed by atoms with Crippen LogP contribution in [0.25, 0.3) is 0 Å². The molecule has 2 unspecified atom stereocenters. The van der Waals surface area contributed by atoms with Crippen LogP contribution in [0, 0.1) is 5.92 Å². The van der Waals surface area contributed by atoms with Gasteiger partial charge >= 0.3 is 0 Å². The van der Waals surface area contributed by atoms with Crippen LogP contribution in [0.5, 0.6) is 0 Å². The molecule has 1 aromatic rings. The Hall–Kier alpha value is -1.02. The second-order valence-electron chi connectivity index (χ2n) is 5.77. The molecule has 1 aromatic carbocycles. The minimum Gasteiger partial charge on any atom is -0.368 e. The average molecular weight is 260 g/mol. The molecule has 2 atom stereocenters. The summed E-state index contributed by atoms with van der Waals surface area (Å²) in [6.45, 7) is 4.22. The quantitative estimate of drug-likeness (QED) is 0.842. The smallest absolute Gasteiger partial charge is 0.0368 e. The Morgan fingerprint density at radius 2 is 2.00 bits per heavy atom. The molecule has 0 radical (unpaired) electrons. The summed E-state index contributed by atoms with van der Waals surface area (Å²) in [5.41, 5.74) is 7.08. The van der Waals surface area contributed by atoms with Crippen LogP contribution in [-0.4, -0.2) is 19.1 Å². The van der Waals surface area contributed by atoms with Crippen molar-refractivity contribution in [3.8, 4) is 0 Å². The van der Waals surface area contributed by atoms with E-state index in [0.717, 1.165) is 25.4 Å². The van der Waals surface area contributed by atoms with Crippen LogP contribution in [-0.2, 0) is 0 Å². The standard InChI is InChI=1S/C17H28N2/c1-2-15-8-6-11-17(14-15)19(13-7-12-18)16-9-4-3-5-10-16/h3-5,9-10,15,17H,2,6-8,11-14,18H2,1H3. The van der Waals surface area contributed by atoms with Crippen molar-refractivity contribution in [2.24, 2.45) is 11.7 Å². The molecule has 0 amide bonds. The van der Waals surface area contributed by atoms with E-state index in [0.29, 0.717) is 6.04 Å². The summed E-state index contributed by atoms with van der Waals surface area (Å²) in [7, 11) is 0. The van der Waals surface area contributed by atoms with E-state index in [1.165, 1.54) is 37.8 Å². The van der Waals surface area contributed by atoms with Gasteiger partial charge in [0.15, 0.2) is 0 Å². The molecule has 106 valence electrons. The Morgan fingerprint density at radius 1 is 1.21 bits per heavy atom. The van der Waals surface area contributed by atoms with Gasteiger partial charge in [-0.1, -0.05) is 44.4 Å². The molecule has 0 aliphatic heterocycles. The largest absolute Gasteiger partial charge is 0.368 e. The highest BCUT2D eigenvalue weighted by molar-refractivity contribution is 5.47. The molecule has 0 saturated heterocycles. The zero-order valence-corrected chi connectivity index (χ0v) is 12.2. The highest BCUT2D eigenvalue weighted by Crippen LogP contribution is 2.32. The lowest BCUT2D eigenvalue weighted by Gasteiger charge is -2.39. The summed E-state index contributed by atoms with van der Waals surface area (Å²) in [5.74, 6) is 0.919. The molecule has 0 aromatic heterocycles. The summed E-state index contributed by atoms with van der Waals surface area (Å²) in [4.78, 5) is 2.61. The number of rotatable bonds is 6. The Balaban J connectivity index is 2.08. The van der Waals surface area contributed by atoms with Gasteiger partial charge in [0, 0.05) is 18.3 Å². The maximum absolute atomic E-state index is 5.71. The third-order valence-corrected chi connectivity index (χ3v) is 4.46. The highest BCUT2D eigenvalue weighted by Gasteiger charge is 2.25. The predicted molar refractivity (Wildman–Crippen MR) is 83.5 cm³/mol. The second-order valence-corrected chi connectivity index (χ2v) is 5.77. The molecule has 0 bridgehead atoms. The van der Waals surface area contributed by atoms with Crippen molar-refractivity contribution in [3.05, 3.63) is 30.3 Å². The fraction of sp³-hybridized carbons (Fsp3) is 0.647. The van der Waals surface area contributed by atoms with Gasteiger partial charge in [-0.2, -0.15) is 0 Å². The lowest BCUT2D eigenvalue weighted by Crippen LogP contribution is -2.40. The van der Waals surface area contributed by atoms with Crippen molar-refractivity contribution >= 4 is 5.69 Å². The number of hydrogen-bond acceptors (Lipinski definition) is 2. The molecule has 0 heterocycles. The summed E-state index contributed by atoms with van der Waals surface area (Å²) in [6, 6.07) is 11.6. The molecular formula is C17H28N2. The topological polar surface area (TPSA) is 29.3 Å². The van der Waals surface area contributed by atoms with Gasteiger partial charge in [-0.15, -0.1) is 0 Å². The van der Waals surface area contributed by atoms with E-state index in [1.54, 1.807) is 0 Å². The number of anilines is 1. The van der Waals surface area contributed by atoms with E-state index in [9.17, 15) is 0 Å². The molecule has 0 spiro atoms. The molecule has 2 N–H and O–H groups in total. The van der Waals surface area contributed by atoms with Gasteiger partial charge in [-0.3, -0.25) is 0 Å². The fourth-order valence-electron chi connectivity index (χ4n) is 3.32. The van der Waals surface area contributed by atoms with Gasteiger partial charge in [0.1, 0.15) is 0 Å². The van der Waals surface area contributed by atoms with E-state index >= 15 is 0 Å². The Morgan fingerprint density at radius 3 is 2.68 bits per heavy atom. The van der Waals surface area contributed by atoms with E-state index in [4.69, 9.17) is 5.73 Å². The van der Waals surface area contributed by atoms with Crippen LogP contribution >= 0.6 is 0 Å². The molecule has 2 rings (SSSR count). The first-order valence-electron chi connectivity index (χ1n) is 7.87. The maximum atomic E-state index is 5.71. The lowest BCUT2D eigenvalue weighted by atomic mass is 9.83. The molecular weight excluding hydrogens is 232 g/mol. The van der Waals surface area contributed by atoms with Crippen molar-refractivity contribution < 1.29 is 0 Å². The van der Waals surface area contributed by atoms with Crippen LogP contribution in [0.3, 0.4) is 0 Å². The number of nitrogens with two attached hydrogens (primary N) is 1. The van der Waals surface area contributed by atoms with Gasteiger partial charge < -0.3 is 10.6 Å². The number of benzene rings is 1. The van der Waals surface area contributed by atoms with Crippen molar-refractivity contribution in [2.75, 3.05) is 18.0 Å². The predicted octanol–water partition coefficient (Wildman–Crippen LogP) is 3.81. The molecule has 2 heteroatoms. The van der Waals surface area contributed by atoms with Gasteiger partial charge in [0.25, 0.3) is 0 Å². The van der Waals surface area contributed by atoms with E-state index in [2.05, 4.69) is 42.2 Å². The fourth-order valence-corrected chi connectivity index (χ4v) is 3.32. The number of para-hydroxylation sites is 1. The maximum Gasteiger partial charge on any atom is 0.0368 e. The first-order chi connectivity index (χ1) is 9.35. The molecule has 1 fully saturated rings. The average Bonchev–Trinajstić information content (AvgIpc) is 2.49. The van der Waals surface area contributed by atoms with Gasteiger partial charge in [0.2, 0.25) is 0 Å². The molecule has 19 heavy (non-hydrogen) atoms. The van der Waals surface area contributed by atoms with Crippen LogP contribution < -0.4 is 10.6 Å². The summed E-state index contributed by atoms with van der Waals surface area (Å²) in [5, 5.41) is 0. The summed E-state index contributed by atoms with van der Waals surface area (Å²) in [6.07, 6.45) is 7.92. The first-order valence-corrected chi connectivity index (χ1v) is 7.87. The minimum atomic E-state index is 0.715. The summed E-state index contributed by atoms with van der Waals surface area (Å²) < 4.78 is 0. The number of hydrogen-bond donors (Lipinski definition) is 1. The van der Waals surface area contributed by atoms with Crippen molar-refractivity contribution in [1.29, 1.82) is 0 Å². The molecule has 1 aliphatic carbocycles. The molecule has 1 saturated carbocycles. The van der Waals surface area contributed by atoms with Gasteiger partial charge in [-0.25, -0.2) is 0 Å². The second kappa shape index (κ2) is 7.54. The highest BCUT2D eigenvalue weighted by atomic mass is 15.2. The monoisotopic (exact) mass is 260 g/mol. The van der Waals surface area contributed by atoms with E-state index in [-0.39, 0.29) is 0 Å². The van der Waals surface area contributed by atoms with E-state index < -0.39 is 0 Å². The van der Waals surface area contributed by atoms with Crippen LogP contribution in [0.4, 0.5) is 5.69 Å². The number of nitrogens with zero attached hydrogens (tertiary/aromatic N) is 1. The molecule has 1 aliphatic rings. The van der Waals surface area contributed by atoms with Crippen molar-refractivity contribution in [3.63, 3.8) is 0 Å². The zero-order valence-electron chi connectivity index (χ0n) is 12.2. The van der Waals surface area contributed by atoms with Gasteiger partial charge in [-0.05, 0) is 43.9 Å². The normalized spacial score (nSPS) is 23.3. The van der Waals surface area contributed by atoms with Crippen LogP contribution in [0.1, 0.15) is 45.4 Å². The molecule has 2 nitrogen and oxygen atoms in total. The van der Waals surface area contributed by atoms with Crippen molar-refractivity contribution in [1.82, 2.24) is 0 Å². The Labute approximate surface area is 118 Å². The SMILES string of the molecule is CCC1CCCC(N(CCCN)c2ccccc2)C1. The van der Waals surface area contributed by atoms with Crippen LogP contribution in [0.15, 0.2) is 30.3 Å². The third kappa shape index (κ3) is 3.97. The van der Waals surface area contributed by atoms with E-state index in [1.807, 2.05) is 0 Å². The summed E-state index contributed by atoms with van der Waals surface area (Å²) >= 11 is 0. The van der Waals surface area contributed by atoms with Gasteiger partial charge in [0.05, 0.1) is 0 Å². The zero-order chi connectivity index (χ0) is 13.5. The minimum absolute atomic E-state index is 0.715. The van der Waals surface area contributed by atoms with Crippen molar-refractivity contribution in [2.45, 2.75) is 51.5 Å². The Kier molecular flexibility index (Phi) is 5.71. The third-order valence-electron chi connectivity index (χ3n) is 4.46. The lowest BCUT2D eigenvalue weighted by molar-refractivity contribution is 0.302. The first kappa shape index (κ1) is 14.4. The van der Waals surface area contributed by atoms with Crippen LogP contribution in [0.2, 0.25) is 0 Å². The Bertz CT molecular complexity index is 350.